The maximum Gasteiger partial charge on any atom is 0.410 e. The molecule has 1 atom stereocenters. The summed E-state index contributed by atoms with van der Waals surface area (Å²) in [7, 11) is 1.62. The Morgan fingerprint density at radius 2 is 2.17 bits per heavy atom. The minimum absolute atomic E-state index is 0.167. The Balaban J connectivity index is 1.81. The quantitative estimate of drug-likeness (QED) is 0.846. The lowest BCUT2D eigenvalue weighted by atomic mass is 9.94. The molecule has 1 unspecified atom stereocenters. The van der Waals surface area contributed by atoms with E-state index in [-0.39, 0.29) is 12.0 Å². The van der Waals surface area contributed by atoms with Crippen LogP contribution in [0.3, 0.4) is 0 Å². The van der Waals surface area contributed by atoms with Crippen LogP contribution in [0.25, 0.3) is 5.65 Å². The van der Waals surface area contributed by atoms with Gasteiger partial charge in [-0.3, -0.25) is 0 Å². The second kappa shape index (κ2) is 6.30. The van der Waals surface area contributed by atoms with Crippen LogP contribution >= 0.6 is 0 Å². The molecule has 130 valence electrons. The minimum atomic E-state index is -0.484. The van der Waals surface area contributed by atoms with E-state index in [1.165, 1.54) is 0 Å². The van der Waals surface area contributed by atoms with Crippen LogP contribution in [0.5, 0.6) is 5.88 Å². The Labute approximate surface area is 141 Å². The molecule has 0 bridgehead atoms. The van der Waals surface area contributed by atoms with Crippen molar-refractivity contribution in [2.24, 2.45) is 0 Å². The summed E-state index contributed by atoms with van der Waals surface area (Å²) in [5.41, 5.74) is 1.19. The third-order valence-electron chi connectivity index (χ3n) is 4.05. The molecule has 0 aliphatic carbocycles. The summed E-state index contributed by atoms with van der Waals surface area (Å²) in [6, 6.07) is 3.75. The average Bonchev–Trinajstić information content (AvgIpc) is 3.01. The third kappa shape index (κ3) is 3.44. The molecule has 7 nitrogen and oxygen atoms in total. The second-order valence-electron chi connectivity index (χ2n) is 7.09. The first-order valence-corrected chi connectivity index (χ1v) is 8.24. The molecular weight excluding hydrogens is 308 g/mol. The first-order chi connectivity index (χ1) is 11.4. The molecule has 1 amide bonds. The Bertz CT molecular complexity index is 735. The highest BCUT2D eigenvalue weighted by molar-refractivity contribution is 5.68. The molecule has 3 rings (SSSR count). The summed E-state index contributed by atoms with van der Waals surface area (Å²) in [5, 5.41) is 4.20. The number of fused-ring (bicyclic) bond motifs is 1. The first-order valence-electron chi connectivity index (χ1n) is 8.24. The number of ether oxygens (including phenoxy) is 2. The van der Waals surface area contributed by atoms with Crippen molar-refractivity contribution in [3.63, 3.8) is 0 Å². The average molecular weight is 332 g/mol. The number of hydrogen-bond donors (Lipinski definition) is 0. The highest BCUT2D eigenvalue weighted by Crippen LogP contribution is 2.29. The molecule has 0 N–H and O–H groups in total. The van der Waals surface area contributed by atoms with E-state index < -0.39 is 5.60 Å². The van der Waals surface area contributed by atoms with Crippen LogP contribution in [0.4, 0.5) is 4.79 Å². The zero-order valence-electron chi connectivity index (χ0n) is 14.7. The fourth-order valence-electron chi connectivity index (χ4n) is 2.97. The number of likely N-dealkylation sites (tertiary alicyclic amines) is 1. The molecule has 1 aliphatic heterocycles. The predicted molar refractivity (Wildman–Crippen MR) is 89.3 cm³/mol. The highest BCUT2D eigenvalue weighted by atomic mass is 16.6. The lowest BCUT2D eigenvalue weighted by molar-refractivity contribution is 0.0197. The second-order valence-corrected chi connectivity index (χ2v) is 7.09. The van der Waals surface area contributed by atoms with E-state index in [0.29, 0.717) is 12.4 Å². The van der Waals surface area contributed by atoms with E-state index in [4.69, 9.17) is 9.47 Å². The van der Waals surface area contributed by atoms with Gasteiger partial charge in [-0.25, -0.2) is 9.78 Å². The van der Waals surface area contributed by atoms with Crippen LogP contribution in [-0.2, 0) is 4.74 Å². The van der Waals surface area contributed by atoms with Crippen LogP contribution < -0.4 is 4.74 Å². The van der Waals surface area contributed by atoms with Gasteiger partial charge in [0.2, 0.25) is 5.88 Å². The summed E-state index contributed by atoms with van der Waals surface area (Å²) in [4.78, 5) is 18.8. The summed E-state index contributed by atoms with van der Waals surface area (Å²) < 4.78 is 12.6. The number of hydrogen-bond acceptors (Lipinski definition) is 5. The molecule has 1 saturated heterocycles. The number of amides is 1. The van der Waals surface area contributed by atoms with Crippen molar-refractivity contribution in [3.05, 3.63) is 24.0 Å². The normalized spacial score (nSPS) is 18.7. The van der Waals surface area contributed by atoms with E-state index in [9.17, 15) is 4.79 Å². The van der Waals surface area contributed by atoms with Gasteiger partial charge in [0.1, 0.15) is 5.60 Å². The Kier molecular flexibility index (Phi) is 4.34. The summed E-state index contributed by atoms with van der Waals surface area (Å²) in [5.74, 6) is 0.814. The van der Waals surface area contributed by atoms with Crippen molar-refractivity contribution >= 4 is 11.7 Å². The maximum atomic E-state index is 12.3. The van der Waals surface area contributed by atoms with Crippen LogP contribution in [0.15, 0.2) is 18.3 Å². The van der Waals surface area contributed by atoms with Crippen molar-refractivity contribution in [2.75, 3.05) is 20.2 Å². The van der Waals surface area contributed by atoms with Gasteiger partial charge in [-0.15, -0.1) is 0 Å². The van der Waals surface area contributed by atoms with Gasteiger partial charge in [0, 0.05) is 31.1 Å². The Morgan fingerprint density at radius 3 is 2.88 bits per heavy atom. The third-order valence-corrected chi connectivity index (χ3v) is 4.05. The van der Waals surface area contributed by atoms with Crippen molar-refractivity contribution < 1.29 is 14.3 Å². The summed E-state index contributed by atoms with van der Waals surface area (Å²) >= 11 is 0. The van der Waals surface area contributed by atoms with Crippen molar-refractivity contribution in [1.82, 2.24) is 19.5 Å². The van der Waals surface area contributed by atoms with E-state index in [0.717, 1.165) is 30.7 Å². The summed E-state index contributed by atoms with van der Waals surface area (Å²) in [6.07, 6.45) is 3.35. The number of carbonyl (C=O) groups excluding carboxylic acids is 1. The zero-order valence-corrected chi connectivity index (χ0v) is 14.7. The van der Waals surface area contributed by atoms with E-state index in [2.05, 4.69) is 10.1 Å². The van der Waals surface area contributed by atoms with Gasteiger partial charge in [-0.05, 0) is 33.6 Å². The van der Waals surface area contributed by atoms with E-state index in [1.807, 2.05) is 32.9 Å². The maximum absolute atomic E-state index is 12.3. The fraction of sp³-hybridized carbons (Fsp3) is 0.588. The van der Waals surface area contributed by atoms with Gasteiger partial charge in [-0.2, -0.15) is 9.61 Å². The SMILES string of the molecule is COc1cc(C2CCCN(C(=O)OC(C)(C)C)C2)nc2ccnn12. The molecule has 0 aromatic carbocycles. The van der Waals surface area contributed by atoms with Gasteiger partial charge >= 0.3 is 6.09 Å². The zero-order chi connectivity index (χ0) is 17.3. The minimum Gasteiger partial charge on any atom is -0.481 e. The molecule has 0 spiro atoms. The van der Waals surface area contributed by atoms with Crippen molar-refractivity contribution in [3.8, 4) is 5.88 Å². The number of piperidine rings is 1. The topological polar surface area (TPSA) is 69.0 Å². The number of nitrogens with zero attached hydrogens (tertiary/aromatic N) is 4. The molecule has 2 aromatic heterocycles. The largest absolute Gasteiger partial charge is 0.481 e. The molecule has 1 aliphatic rings. The van der Waals surface area contributed by atoms with Crippen LogP contribution in [0, 0.1) is 0 Å². The van der Waals surface area contributed by atoms with Crippen molar-refractivity contribution in [2.45, 2.75) is 45.1 Å². The lowest BCUT2D eigenvalue weighted by Crippen LogP contribution is -2.42. The predicted octanol–water partition coefficient (Wildman–Crippen LogP) is 2.85. The monoisotopic (exact) mass is 332 g/mol. The van der Waals surface area contributed by atoms with E-state index >= 15 is 0 Å². The van der Waals surface area contributed by atoms with Crippen molar-refractivity contribution in [1.29, 1.82) is 0 Å². The molecule has 0 radical (unpaired) electrons. The molecule has 2 aromatic rings. The number of carbonyl (C=O) groups is 1. The van der Waals surface area contributed by atoms with Crippen LogP contribution in [0.1, 0.15) is 45.2 Å². The highest BCUT2D eigenvalue weighted by Gasteiger charge is 2.29. The standard InChI is InChI=1S/C17H24N4O3/c1-17(2,3)24-16(22)20-9-5-6-12(11-20)13-10-15(23-4)21-14(19-13)7-8-18-21/h7-8,10,12H,5-6,9,11H2,1-4H3. The Hall–Kier alpha value is -2.31. The molecule has 0 saturated carbocycles. The smallest absolute Gasteiger partial charge is 0.410 e. The van der Waals surface area contributed by atoms with Crippen LogP contribution in [0.2, 0.25) is 0 Å². The lowest BCUT2D eigenvalue weighted by Gasteiger charge is -2.34. The summed E-state index contributed by atoms with van der Waals surface area (Å²) in [6.45, 7) is 6.97. The first kappa shape index (κ1) is 16.5. The van der Waals surface area contributed by atoms with Gasteiger partial charge in [0.15, 0.2) is 5.65 Å². The van der Waals surface area contributed by atoms with Gasteiger partial charge in [-0.1, -0.05) is 0 Å². The molecule has 24 heavy (non-hydrogen) atoms. The molecule has 7 heteroatoms. The van der Waals surface area contributed by atoms with Gasteiger partial charge in [0.25, 0.3) is 0 Å². The van der Waals surface area contributed by atoms with Crippen LogP contribution in [-0.4, -0.2) is 51.4 Å². The number of aromatic nitrogens is 3. The van der Waals surface area contributed by atoms with Gasteiger partial charge in [0.05, 0.1) is 19.0 Å². The molecule has 3 heterocycles. The number of rotatable bonds is 2. The molecular formula is C17H24N4O3. The fourth-order valence-corrected chi connectivity index (χ4v) is 2.97. The Morgan fingerprint density at radius 1 is 1.38 bits per heavy atom. The van der Waals surface area contributed by atoms with Gasteiger partial charge < -0.3 is 14.4 Å². The number of methoxy groups -OCH3 is 1. The molecule has 1 fully saturated rings. The van der Waals surface area contributed by atoms with E-state index in [1.54, 1.807) is 22.7 Å².